The van der Waals surface area contributed by atoms with E-state index in [2.05, 4.69) is 20.8 Å². The van der Waals surface area contributed by atoms with Gasteiger partial charge < -0.3 is 5.11 Å². The molecule has 0 bridgehead atoms. The molecule has 1 N–H and O–H groups in total. The average molecular weight is 156 g/mol. The summed E-state index contributed by atoms with van der Waals surface area (Å²) in [5.41, 5.74) is 0.477. The molecule has 0 aromatic heterocycles. The van der Waals surface area contributed by atoms with E-state index in [1.807, 2.05) is 0 Å². The molecule has 1 rings (SSSR count). The Morgan fingerprint density at radius 2 is 1.73 bits per heavy atom. The Labute approximate surface area is 69.8 Å². The Morgan fingerprint density at radius 3 is 2.09 bits per heavy atom. The zero-order valence-corrected chi connectivity index (χ0v) is 7.93. The van der Waals surface area contributed by atoms with Gasteiger partial charge in [0.25, 0.3) is 0 Å². The van der Waals surface area contributed by atoms with Crippen LogP contribution in [0.3, 0.4) is 0 Å². The molecular weight excluding hydrogens is 136 g/mol. The fraction of sp³-hybridized carbons (Fsp3) is 1.00. The fourth-order valence-electron chi connectivity index (χ4n) is 2.06. The largest absolute Gasteiger partial charge is 0.396 e. The molecule has 11 heavy (non-hydrogen) atoms. The quantitative estimate of drug-likeness (QED) is 0.651. The van der Waals surface area contributed by atoms with Crippen molar-refractivity contribution in [2.45, 2.75) is 40.0 Å². The van der Waals surface area contributed by atoms with E-state index in [0.29, 0.717) is 17.9 Å². The molecule has 66 valence electrons. The fourth-order valence-corrected chi connectivity index (χ4v) is 2.06. The summed E-state index contributed by atoms with van der Waals surface area (Å²) < 4.78 is 0. The highest BCUT2D eigenvalue weighted by Gasteiger charge is 2.31. The van der Waals surface area contributed by atoms with E-state index in [4.69, 9.17) is 5.11 Å². The van der Waals surface area contributed by atoms with Gasteiger partial charge in [0, 0.05) is 6.61 Å². The molecule has 1 heteroatoms. The summed E-state index contributed by atoms with van der Waals surface area (Å²) in [6, 6.07) is 0. The summed E-state index contributed by atoms with van der Waals surface area (Å²) in [5.74, 6) is 1.52. The highest BCUT2D eigenvalue weighted by atomic mass is 16.3. The lowest BCUT2D eigenvalue weighted by Crippen LogP contribution is -2.29. The number of rotatable bonds is 2. The van der Waals surface area contributed by atoms with Crippen molar-refractivity contribution in [2.24, 2.45) is 17.3 Å². The number of aliphatic hydroxyl groups is 1. The Hall–Kier alpha value is -0.0400. The third-order valence-electron chi connectivity index (χ3n) is 2.49. The second-order valence-electron chi connectivity index (χ2n) is 5.15. The normalized spacial score (nSPS) is 31.6. The van der Waals surface area contributed by atoms with Crippen LogP contribution in [0.15, 0.2) is 0 Å². The molecule has 1 nitrogen and oxygen atoms in total. The molecule has 1 saturated carbocycles. The van der Waals surface area contributed by atoms with Crippen LogP contribution in [0.1, 0.15) is 40.0 Å². The van der Waals surface area contributed by atoms with Gasteiger partial charge in [-0.1, -0.05) is 20.8 Å². The molecule has 0 amide bonds. The molecular formula is C10H20O. The zero-order chi connectivity index (χ0) is 8.48. The summed E-state index contributed by atoms with van der Waals surface area (Å²) in [4.78, 5) is 0. The third-order valence-corrected chi connectivity index (χ3v) is 2.49. The maximum absolute atomic E-state index is 8.80. The van der Waals surface area contributed by atoms with Gasteiger partial charge in [-0.3, -0.25) is 0 Å². The van der Waals surface area contributed by atoms with Gasteiger partial charge in [-0.2, -0.15) is 0 Å². The lowest BCUT2D eigenvalue weighted by molar-refractivity contribution is 0.0800. The first-order valence-corrected chi connectivity index (χ1v) is 4.62. The van der Waals surface area contributed by atoms with Crippen molar-refractivity contribution >= 4 is 0 Å². The molecule has 1 aliphatic rings. The smallest absolute Gasteiger partial charge is 0.0459 e. The van der Waals surface area contributed by atoms with Gasteiger partial charge in [0.1, 0.15) is 0 Å². The Kier molecular flexibility index (Phi) is 2.58. The molecule has 0 radical (unpaired) electrons. The maximum atomic E-state index is 8.80. The van der Waals surface area contributed by atoms with Crippen molar-refractivity contribution in [1.82, 2.24) is 0 Å². The SMILES string of the molecule is CC(C)(C)CC1CC(CO)C1. The number of aliphatic hydroxyl groups excluding tert-OH is 1. The van der Waals surface area contributed by atoms with E-state index in [0.717, 1.165) is 5.92 Å². The maximum Gasteiger partial charge on any atom is 0.0459 e. The first kappa shape index (κ1) is 9.05. The Morgan fingerprint density at radius 1 is 1.18 bits per heavy atom. The van der Waals surface area contributed by atoms with Gasteiger partial charge in [-0.25, -0.2) is 0 Å². The Balaban J connectivity index is 2.14. The zero-order valence-electron chi connectivity index (χ0n) is 7.93. The topological polar surface area (TPSA) is 20.2 Å². The van der Waals surface area contributed by atoms with E-state index in [1.54, 1.807) is 0 Å². The van der Waals surface area contributed by atoms with Crippen LogP contribution in [0.25, 0.3) is 0 Å². The molecule has 0 spiro atoms. The summed E-state index contributed by atoms with van der Waals surface area (Å²) in [6.07, 6.45) is 3.84. The summed E-state index contributed by atoms with van der Waals surface area (Å²) in [7, 11) is 0. The van der Waals surface area contributed by atoms with Gasteiger partial charge in [-0.05, 0) is 36.5 Å². The summed E-state index contributed by atoms with van der Waals surface area (Å²) in [5, 5.41) is 8.80. The summed E-state index contributed by atoms with van der Waals surface area (Å²) >= 11 is 0. The Bertz CT molecular complexity index is 117. The van der Waals surface area contributed by atoms with Crippen molar-refractivity contribution in [3.63, 3.8) is 0 Å². The second-order valence-corrected chi connectivity index (χ2v) is 5.15. The van der Waals surface area contributed by atoms with E-state index in [1.165, 1.54) is 19.3 Å². The standard InChI is InChI=1S/C10H20O/c1-10(2,3)6-8-4-9(5-8)7-11/h8-9,11H,4-7H2,1-3H3. The first-order chi connectivity index (χ1) is 5.01. The highest BCUT2D eigenvalue weighted by Crippen LogP contribution is 2.40. The van der Waals surface area contributed by atoms with Crippen molar-refractivity contribution < 1.29 is 5.11 Å². The van der Waals surface area contributed by atoms with Crippen LogP contribution in [0.5, 0.6) is 0 Å². The predicted octanol–water partition coefficient (Wildman–Crippen LogP) is 2.44. The molecule has 1 aliphatic carbocycles. The lowest BCUT2D eigenvalue weighted by atomic mass is 9.69. The van der Waals surface area contributed by atoms with Crippen LogP contribution in [-0.4, -0.2) is 11.7 Å². The molecule has 0 unspecified atom stereocenters. The van der Waals surface area contributed by atoms with Crippen molar-refractivity contribution in [3.05, 3.63) is 0 Å². The third kappa shape index (κ3) is 2.82. The van der Waals surface area contributed by atoms with Crippen molar-refractivity contribution in [3.8, 4) is 0 Å². The number of hydrogen-bond acceptors (Lipinski definition) is 1. The van der Waals surface area contributed by atoms with E-state index in [9.17, 15) is 0 Å². The van der Waals surface area contributed by atoms with Crippen molar-refractivity contribution in [1.29, 1.82) is 0 Å². The van der Waals surface area contributed by atoms with Gasteiger partial charge in [0.2, 0.25) is 0 Å². The van der Waals surface area contributed by atoms with Gasteiger partial charge in [-0.15, -0.1) is 0 Å². The van der Waals surface area contributed by atoms with Crippen LogP contribution in [0, 0.1) is 17.3 Å². The van der Waals surface area contributed by atoms with Crippen LogP contribution >= 0.6 is 0 Å². The van der Waals surface area contributed by atoms with E-state index >= 15 is 0 Å². The second kappa shape index (κ2) is 3.14. The minimum Gasteiger partial charge on any atom is -0.396 e. The van der Waals surface area contributed by atoms with Gasteiger partial charge in [0.15, 0.2) is 0 Å². The molecule has 0 atom stereocenters. The van der Waals surface area contributed by atoms with Crippen LogP contribution in [-0.2, 0) is 0 Å². The molecule has 0 aromatic carbocycles. The molecule has 0 aliphatic heterocycles. The molecule has 1 fully saturated rings. The predicted molar refractivity (Wildman–Crippen MR) is 47.4 cm³/mol. The minimum atomic E-state index is 0.403. The molecule has 0 aromatic rings. The van der Waals surface area contributed by atoms with Crippen LogP contribution in [0.2, 0.25) is 0 Å². The van der Waals surface area contributed by atoms with E-state index < -0.39 is 0 Å². The minimum absolute atomic E-state index is 0.403. The molecule has 0 heterocycles. The van der Waals surface area contributed by atoms with Gasteiger partial charge >= 0.3 is 0 Å². The monoisotopic (exact) mass is 156 g/mol. The lowest BCUT2D eigenvalue weighted by Gasteiger charge is -2.38. The molecule has 0 saturated heterocycles. The van der Waals surface area contributed by atoms with Crippen molar-refractivity contribution in [2.75, 3.05) is 6.61 Å². The highest BCUT2D eigenvalue weighted by molar-refractivity contribution is 4.82. The van der Waals surface area contributed by atoms with Gasteiger partial charge in [0.05, 0.1) is 0 Å². The summed E-state index contributed by atoms with van der Waals surface area (Å²) in [6.45, 7) is 7.28. The van der Waals surface area contributed by atoms with Crippen LogP contribution < -0.4 is 0 Å². The van der Waals surface area contributed by atoms with Crippen LogP contribution in [0.4, 0.5) is 0 Å². The average Bonchev–Trinajstić information content (AvgIpc) is 1.75. The first-order valence-electron chi connectivity index (χ1n) is 4.62. The number of hydrogen-bond donors (Lipinski definition) is 1. The van der Waals surface area contributed by atoms with E-state index in [-0.39, 0.29) is 0 Å².